The molecule has 0 aromatic carbocycles. The average molecular weight is 430 g/mol. The molecular formula is C22H27N3O4S. The number of aromatic nitrogens is 1. The van der Waals surface area contributed by atoms with Crippen LogP contribution in [0.1, 0.15) is 42.6 Å². The SMILES string of the molecule is CNC(=O)c1cc(OC2CCN(S(=O)(=O)C3=C4C=CCCC4CC=C3)CC2)ccn1. The molecule has 2 aliphatic carbocycles. The van der Waals surface area contributed by atoms with E-state index in [-0.39, 0.29) is 12.0 Å². The second kappa shape index (κ2) is 8.73. The number of hydrogen-bond acceptors (Lipinski definition) is 5. The molecule has 1 unspecified atom stereocenters. The number of rotatable bonds is 5. The number of fused-ring (bicyclic) bond motifs is 1. The number of carbonyl (C=O) groups excluding carboxylic acids is 1. The topological polar surface area (TPSA) is 88.6 Å². The maximum atomic E-state index is 13.3. The van der Waals surface area contributed by atoms with Gasteiger partial charge in [-0.2, -0.15) is 4.31 Å². The Balaban J connectivity index is 1.43. The Morgan fingerprint density at radius 1 is 1.20 bits per heavy atom. The fraction of sp³-hybridized carbons (Fsp3) is 0.455. The number of pyridine rings is 1. The first-order valence-electron chi connectivity index (χ1n) is 10.4. The van der Waals surface area contributed by atoms with Gasteiger partial charge in [-0.1, -0.05) is 18.2 Å². The van der Waals surface area contributed by atoms with E-state index in [1.165, 1.54) is 6.20 Å². The summed E-state index contributed by atoms with van der Waals surface area (Å²) in [6.07, 6.45) is 13.4. The van der Waals surface area contributed by atoms with Crippen LogP contribution < -0.4 is 10.1 Å². The minimum atomic E-state index is -3.52. The second-order valence-corrected chi connectivity index (χ2v) is 9.72. The number of nitrogens with zero attached hydrogens (tertiary/aromatic N) is 2. The van der Waals surface area contributed by atoms with Crippen LogP contribution in [0.15, 0.2) is 53.1 Å². The minimum Gasteiger partial charge on any atom is -0.490 e. The highest BCUT2D eigenvalue weighted by molar-refractivity contribution is 7.93. The number of hydrogen-bond donors (Lipinski definition) is 1. The Bertz CT molecular complexity index is 1000. The smallest absolute Gasteiger partial charge is 0.269 e. The Labute approximate surface area is 177 Å². The molecule has 1 aromatic heterocycles. The molecule has 160 valence electrons. The molecule has 0 bridgehead atoms. The summed E-state index contributed by atoms with van der Waals surface area (Å²) in [5.41, 5.74) is 1.25. The fourth-order valence-corrected chi connectivity index (χ4v) is 6.03. The molecule has 0 radical (unpaired) electrons. The quantitative estimate of drug-likeness (QED) is 0.778. The third-order valence-corrected chi connectivity index (χ3v) is 7.88. The van der Waals surface area contributed by atoms with Crippen LogP contribution in [0.5, 0.6) is 5.75 Å². The Morgan fingerprint density at radius 3 is 2.77 bits per heavy atom. The number of allylic oxidation sites excluding steroid dienone is 5. The lowest BCUT2D eigenvalue weighted by atomic mass is 9.84. The number of nitrogens with one attached hydrogen (secondary N) is 1. The van der Waals surface area contributed by atoms with E-state index in [1.54, 1.807) is 29.6 Å². The summed E-state index contributed by atoms with van der Waals surface area (Å²) in [7, 11) is -1.96. The number of amides is 1. The van der Waals surface area contributed by atoms with Crippen LogP contribution in [0.25, 0.3) is 0 Å². The van der Waals surface area contributed by atoms with Gasteiger partial charge in [-0.15, -0.1) is 0 Å². The van der Waals surface area contributed by atoms with E-state index < -0.39 is 10.0 Å². The van der Waals surface area contributed by atoms with Crippen molar-refractivity contribution in [2.45, 2.75) is 38.2 Å². The van der Waals surface area contributed by atoms with Gasteiger partial charge in [0.25, 0.3) is 5.91 Å². The fourth-order valence-electron chi connectivity index (χ4n) is 4.26. The van der Waals surface area contributed by atoms with Gasteiger partial charge in [0.05, 0.1) is 4.91 Å². The Morgan fingerprint density at radius 2 is 2.00 bits per heavy atom. The minimum absolute atomic E-state index is 0.0988. The zero-order valence-electron chi connectivity index (χ0n) is 17.1. The van der Waals surface area contributed by atoms with Crippen molar-refractivity contribution < 1.29 is 17.9 Å². The largest absolute Gasteiger partial charge is 0.490 e. The van der Waals surface area contributed by atoms with Crippen molar-refractivity contribution in [1.82, 2.24) is 14.6 Å². The first kappa shape index (κ1) is 20.8. The van der Waals surface area contributed by atoms with Gasteiger partial charge >= 0.3 is 0 Å². The van der Waals surface area contributed by atoms with Crippen molar-refractivity contribution in [2.75, 3.05) is 20.1 Å². The van der Waals surface area contributed by atoms with E-state index in [0.717, 1.165) is 24.8 Å². The van der Waals surface area contributed by atoms with E-state index in [4.69, 9.17) is 4.74 Å². The van der Waals surface area contributed by atoms with Gasteiger partial charge in [-0.3, -0.25) is 9.78 Å². The van der Waals surface area contributed by atoms with Gasteiger partial charge in [0.2, 0.25) is 10.0 Å². The molecule has 1 aromatic rings. The molecule has 0 spiro atoms. The molecule has 1 amide bonds. The van der Waals surface area contributed by atoms with Crippen molar-refractivity contribution in [3.05, 3.63) is 58.8 Å². The van der Waals surface area contributed by atoms with Crippen LogP contribution in [0.4, 0.5) is 0 Å². The van der Waals surface area contributed by atoms with Crippen molar-refractivity contribution in [2.24, 2.45) is 5.92 Å². The van der Waals surface area contributed by atoms with Crippen LogP contribution in [0, 0.1) is 5.92 Å². The summed E-state index contributed by atoms with van der Waals surface area (Å²) in [5, 5.41) is 2.54. The number of sulfonamides is 1. The molecule has 1 atom stereocenters. The lowest BCUT2D eigenvalue weighted by molar-refractivity contribution is 0.0955. The van der Waals surface area contributed by atoms with E-state index in [2.05, 4.69) is 16.4 Å². The normalized spacial score (nSPS) is 22.6. The molecule has 8 heteroatoms. The van der Waals surface area contributed by atoms with Crippen LogP contribution >= 0.6 is 0 Å². The van der Waals surface area contributed by atoms with Crippen LogP contribution in [0.3, 0.4) is 0 Å². The summed E-state index contributed by atoms with van der Waals surface area (Å²) in [4.78, 5) is 16.2. The van der Waals surface area contributed by atoms with Crippen LogP contribution in [-0.4, -0.2) is 49.9 Å². The van der Waals surface area contributed by atoms with Crippen molar-refractivity contribution >= 4 is 15.9 Å². The van der Waals surface area contributed by atoms with Gasteiger partial charge in [-0.05, 0) is 55.7 Å². The molecule has 3 aliphatic rings. The van der Waals surface area contributed by atoms with Crippen molar-refractivity contribution in [3.63, 3.8) is 0 Å². The summed E-state index contributed by atoms with van der Waals surface area (Å²) in [6.45, 7) is 0.832. The van der Waals surface area contributed by atoms with Crippen LogP contribution in [-0.2, 0) is 10.0 Å². The van der Waals surface area contributed by atoms with Gasteiger partial charge in [0.1, 0.15) is 17.5 Å². The maximum absolute atomic E-state index is 13.3. The lowest BCUT2D eigenvalue weighted by Gasteiger charge is -2.33. The third kappa shape index (κ3) is 4.20. The molecule has 1 aliphatic heterocycles. The van der Waals surface area contributed by atoms with Gasteiger partial charge in [0.15, 0.2) is 0 Å². The molecule has 7 nitrogen and oxygen atoms in total. The maximum Gasteiger partial charge on any atom is 0.269 e. The second-order valence-electron chi connectivity index (χ2n) is 7.81. The van der Waals surface area contributed by atoms with Crippen LogP contribution in [0.2, 0.25) is 0 Å². The molecule has 1 N–H and O–H groups in total. The van der Waals surface area contributed by atoms with Crippen molar-refractivity contribution in [3.8, 4) is 5.75 Å². The molecule has 1 fully saturated rings. The standard InChI is InChI=1S/C22H27N3O4S/c1-23-22(26)20-15-18(9-12-24-20)29-17-10-13-25(14-11-17)30(27,28)21-8-4-6-16-5-2-3-7-19(16)21/h3-4,7-9,12,15-17H,2,5-6,10-11,13-14H2,1H3,(H,23,26). The zero-order valence-corrected chi connectivity index (χ0v) is 17.9. The van der Waals surface area contributed by atoms with Gasteiger partial charge in [0, 0.05) is 32.4 Å². The van der Waals surface area contributed by atoms with Gasteiger partial charge < -0.3 is 10.1 Å². The summed E-state index contributed by atoms with van der Waals surface area (Å²) < 4.78 is 34.2. The molecule has 30 heavy (non-hydrogen) atoms. The van der Waals surface area contributed by atoms with E-state index >= 15 is 0 Å². The first-order valence-corrected chi connectivity index (χ1v) is 11.8. The van der Waals surface area contributed by atoms with E-state index in [0.29, 0.717) is 48.2 Å². The predicted molar refractivity (Wildman–Crippen MR) is 114 cm³/mol. The molecule has 2 heterocycles. The van der Waals surface area contributed by atoms with E-state index in [9.17, 15) is 13.2 Å². The summed E-state index contributed by atoms with van der Waals surface area (Å²) in [6, 6.07) is 3.32. The molecular weight excluding hydrogens is 402 g/mol. The highest BCUT2D eigenvalue weighted by Gasteiger charge is 2.34. The number of piperidine rings is 1. The Kier molecular flexibility index (Phi) is 6.06. The zero-order chi connectivity index (χ0) is 21.1. The third-order valence-electron chi connectivity index (χ3n) is 5.91. The number of carbonyl (C=O) groups is 1. The summed E-state index contributed by atoms with van der Waals surface area (Å²) >= 11 is 0. The van der Waals surface area contributed by atoms with Crippen molar-refractivity contribution in [1.29, 1.82) is 0 Å². The monoisotopic (exact) mass is 429 g/mol. The van der Waals surface area contributed by atoms with E-state index in [1.807, 2.05) is 12.2 Å². The Hall–Kier alpha value is -2.45. The average Bonchev–Trinajstić information content (AvgIpc) is 2.78. The summed E-state index contributed by atoms with van der Waals surface area (Å²) in [5.74, 6) is 0.610. The lowest BCUT2D eigenvalue weighted by Crippen LogP contribution is -2.42. The predicted octanol–water partition coefficient (Wildman–Crippen LogP) is 2.79. The first-order chi connectivity index (χ1) is 14.5. The highest BCUT2D eigenvalue weighted by Crippen LogP contribution is 2.37. The molecule has 4 rings (SSSR count). The molecule has 1 saturated heterocycles. The molecule has 0 saturated carbocycles. The van der Waals surface area contributed by atoms with Gasteiger partial charge in [-0.25, -0.2) is 8.42 Å². The highest BCUT2D eigenvalue weighted by atomic mass is 32.2. The number of ether oxygens (including phenoxy) is 1.